The zero-order valence-corrected chi connectivity index (χ0v) is 22.1. The van der Waals surface area contributed by atoms with Crippen LogP contribution in [-0.4, -0.2) is 72.2 Å². The molecule has 1 heterocycles. The summed E-state index contributed by atoms with van der Waals surface area (Å²) in [5, 5.41) is 0. The highest BCUT2D eigenvalue weighted by atomic mass is 127. The lowest BCUT2D eigenvalue weighted by Crippen LogP contribution is -2.63. The quantitative estimate of drug-likeness (QED) is 0.121. The molecule has 11 nitrogen and oxygen atoms in total. The number of benzene rings is 1. The molecule has 1 aliphatic heterocycles. The molecule has 2 rings (SSSR count). The van der Waals surface area contributed by atoms with Gasteiger partial charge in [-0.2, -0.15) is 0 Å². The van der Waals surface area contributed by atoms with Crippen LogP contribution >= 0.6 is 22.6 Å². The average molecular weight is 608 g/mol. The van der Waals surface area contributed by atoms with Crippen LogP contribution in [0.25, 0.3) is 0 Å². The molecule has 0 radical (unpaired) electrons. The lowest BCUT2D eigenvalue weighted by atomic mass is 9.98. The number of esters is 4. The maximum absolute atomic E-state index is 11.9. The molecule has 1 aromatic rings. The zero-order chi connectivity index (χ0) is 26.0. The molecule has 0 bridgehead atoms. The van der Waals surface area contributed by atoms with Gasteiger partial charge >= 0.3 is 23.9 Å². The summed E-state index contributed by atoms with van der Waals surface area (Å²) < 4.78 is 39.6. The third-order valence-corrected chi connectivity index (χ3v) is 5.33. The van der Waals surface area contributed by atoms with E-state index in [0.717, 1.165) is 31.6 Å². The van der Waals surface area contributed by atoms with Gasteiger partial charge in [0, 0.05) is 32.1 Å². The van der Waals surface area contributed by atoms with Crippen molar-refractivity contribution in [3.05, 3.63) is 24.3 Å². The van der Waals surface area contributed by atoms with Gasteiger partial charge in [0.25, 0.3) is 0 Å². The first kappa shape index (κ1) is 28.6. The summed E-state index contributed by atoms with van der Waals surface area (Å²) in [5.74, 6) is -1.75. The third kappa shape index (κ3) is 9.51. The molecule has 35 heavy (non-hydrogen) atoms. The van der Waals surface area contributed by atoms with Crippen LogP contribution in [0.1, 0.15) is 34.1 Å². The molecule has 0 aromatic heterocycles. The minimum atomic E-state index is -1.30. The molecule has 0 N–H and O–H groups in total. The van der Waals surface area contributed by atoms with Gasteiger partial charge in [-0.1, -0.05) is 22.6 Å². The van der Waals surface area contributed by atoms with Gasteiger partial charge in [-0.25, -0.2) is 0 Å². The van der Waals surface area contributed by atoms with Crippen LogP contribution in [0, 0.1) is 0 Å². The van der Waals surface area contributed by atoms with Gasteiger partial charge in [-0.3, -0.25) is 19.2 Å². The van der Waals surface area contributed by atoms with E-state index in [1.165, 1.54) is 6.92 Å². The lowest BCUT2D eigenvalue weighted by Gasteiger charge is -2.43. The Hall–Kier alpha value is -2.61. The van der Waals surface area contributed by atoms with Crippen LogP contribution in [0.2, 0.25) is 0 Å². The van der Waals surface area contributed by atoms with Crippen LogP contribution in [0.3, 0.4) is 0 Å². The number of carbonyl (C=O) groups excluding carboxylic acids is 4. The predicted octanol–water partition coefficient (Wildman–Crippen LogP) is 2.35. The van der Waals surface area contributed by atoms with E-state index < -0.39 is 54.6 Å². The second-order valence-corrected chi connectivity index (χ2v) is 8.63. The monoisotopic (exact) mass is 608 g/mol. The van der Waals surface area contributed by atoms with Crippen LogP contribution in [0.5, 0.6) is 11.5 Å². The molecule has 0 unspecified atom stereocenters. The van der Waals surface area contributed by atoms with E-state index in [1.54, 1.807) is 24.3 Å². The van der Waals surface area contributed by atoms with Crippen molar-refractivity contribution < 1.29 is 52.3 Å². The SMILES string of the molecule is CC(=O)OC[C@H]1O[C@@H](Oc2ccc(OCCCI)cc2)[C@H](OC(C)=O)[C@@H](OC(C)=O)[C@@H]1OC(C)=O. The molecule has 0 spiro atoms. The molecule has 1 fully saturated rings. The van der Waals surface area contributed by atoms with E-state index in [0.29, 0.717) is 18.1 Å². The second kappa shape index (κ2) is 14.1. The zero-order valence-electron chi connectivity index (χ0n) is 19.9. The smallest absolute Gasteiger partial charge is 0.303 e. The number of hydrogen-bond donors (Lipinski definition) is 0. The van der Waals surface area contributed by atoms with Crippen molar-refractivity contribution >= 4 is 46.5 Å². The Morgan fingerprint density at radius 1 is 0.800 bits per heavy atom. The maximum atomic E-state index is 11.9. The maximum Gasteiger partial charge on any atom is 0.303 e. The number of alkyl halides is 1. The highest BCUT2D eigenvalue weighted by molar-refractivity contribution is 14.1. The van der Waals surface area contributed by atoms with Gasteiger partial charge < -0.3 is 33.2 Å². The van der Waals surface area contributed by atoms with Crippen molar-refractivity contribution in [3.8, 4) is 11.5 Å². The Morgan fingerprint density at radius 3 is 1.89 bits per heavy atom. The van der Waals surface area contributed by atoms with E-state index in [9.17, 15) is 19.2 Å². The van der Waals surface area contributed by atoms with E-state index >= 15 is 0 Å². The highest BCUT2D eigenvalue weighted by Crippen LogP contribution is 2.31. The molecule has 1 aromatic carbocycles. The fourth-order valence-corrected chi connectivity index (χ4v) is 3.59. The Kier molecular flexibility index (Phi) is 11.5. The Labute approximate surface area is 216 Å². The average Bonchev–Trinajstić information content (AvgIpc) is 2.77. The van der Waals surface area contributed by atoms with Crippen molar-refractivity contribution in [1.29, 1.82) is 0 Å². The molecule has 194 valence electrons. The molecule has 5 atom stereocenters. The lowest BCUT2D eigenvalue weighted by molar-refractivity contribution is -0.288. The first-order chi connectivity index (χ1) is 16.6. The Balaban J connectivity index is 2.34. The van der Waals surface area contributed by atoms with E-state index in [4.69, 9.17) is 33.2 Å². The Bertz CT molecular complexity index is 873. The van der Waals surface area contributed by atoms with Crippen LogP contribution in [0.15, 0.2) is 24.3 Å². The van der Waals surface area contributed by atoms with Crippen molar-refractivity contribution in [2.24, 2.45) is 0 Å². The minimum Gasteiger partial charge on any atom is -0.494 e. The molecule has 0 aliphatic carbocycles. The van der Waals surface area contributed by atoms with Gasteiger partial charge in [0.1, 0.15) is 24.2 Å². The van der Waals surface area contributed by atoms with Crippen molar-refractivity contribution in [1.82, 2.24) is 0 Å². The van der Waals surface area contributed by atoms with Crippen LogP contribution in [-0.2, 0) is 42.9 Å². The topological polar surface area (TPSA) is 133 Å². The summed E-state index contributed by atoms with van der Waals surface area (Å²) in [6, 6.07) is 6.67. The molecule has 0 amide bonds. The van der Waals surface area contributed by atoms with Crippen LogP contribution in [0.4, 0.5) is 0 Å². The number of hydrogen-bond acceptors (Lipinski definition) is 11. The molecule has 12 heteroatoms. The number of carbonyl (C=O) groups is 4. The van der Waals surface area contributed by atoms with E-state index in [-0.39, 0.29) is 6.61 Å². The van der Waals surface area contributed by atoms with Gasteiger partial charge in [-0.15, -0.1) is 0 Å². The van der Waals surface area contributed by atoms with Crippen molar-refractivity contribution in [2.45, 2.75) is 64.8 Å². The highest BCUT2D eigenvalue weighted by Gasteiger charge is 2.53. The number of rotatable bonds is 11. The summed E-state index contributed by atoms with van der Waals surface area (Å²) in [4.78, 5) is 46.9. The molecule has 1 saturated heterocycles. The van der Waals surface area contributed by atoms with Gasteiger partial charge in [-0.05, 0) is 30.7 Å². The summed E-state index contributed by atoms with van der Waals surface area (Å²) >= 11 is 2.27. The fraction of sp³-hybridized carbons (Fsp3) is 0.565. The largest absolute Gasteiger partial charge is 0.494 e. The summed E-state index contributed by atoms with van der Waals surface area (Å²) in [5.41, 5.74) is 0. The first-order valence-corrected chi connectivity index (χ1v) is 12.4. The summed E-state index contributed by atoms with van der Waals surface area (Å²) in [6.07, 6.45) is -5.30. The van der Waals surface area contributed by atoms with Gasteiger partial charge in [0.15, 0.2) is 12.2 Å². The normalized spacial score (nSPS) is 23.5. The molecular weight excluding hydrogens is 579 g/mol. The molecule has 1 aliphatic rings. The van der Waals surface area contributed by atoms with Gasteiger partial charge in [0.2, 0.25) is 12.4 Å². The van der Waals surface area contributed by atoms with Crippen molar-refractivity contribution in [2.75, 3.05) is 17.6 Å². The van der Waals surface area contributed by atoms with Crippen molar-refractivity contribution in [3.63, 3.8) is 0 Å². The number of halogens is 1. The second-order valence-electron chi connectivity index (χ2n) is 7.55. The number of ether oxygens (including phenoxy) is 7. The predicted molar refractivity (Wildman–Crippen MR) is 128 cm³/mol. The van der Waals surface area contributed by atoms with E-state index in [2.05, 4.69) is 22.6 Å². The third-order valence-electron chi connectivity index (χ3n) is 4.57. The summed E-state index contributed by atoms with van der Waals surface area (Å²) in [6.45, 7) is 4.91. The van der Waals surface area contributed by atoms with Crippen LogP contribution < -0.4 is 9.47 Å². The molecular formula is C23H29IO11. The molecule has 0 saturated carbocycles. The minimum absolute atomic E-state index is 0.332. The fourth-order valence-electron chi connectivity index (χ4n) is 3.28. The Morgan fingerprint density at radius 2 is 1.34 bits per heavy atom. The van der Waals surface area contributed by atoms with Gasteiger partial charge in [0.05, 0.1) is 6.61 Å². The standard InChI is InChI=1S/C23H29IO11/c1-13(25)30-12-19-20(31-14(2)26)21(32-15(3)27)22(33-16(4)28)23(35-19)34-18-8-6-17(7-9-18)29-11-5-10-24/h6-9,19-23H,5,10-12H2,1-4H3/t19-,20-,21+,22-,23-/m1/s1. The first-order valence-electron chi connectivity index (χ1n) is 10.9. The van der Waals surface area contributed by atoms with E-state index in [1.807, 2.05) is 0 Å². The summed E-state index contributed by atoms with van der Waals surface area (Å²) in [7, 11) is 0.